The maximum atomic E-state index is 11.5. The van der Waals surface area contributed by atoms with Crippen LogP contribution in [0.25, 0.3) is 0 Å². The molecule has 0 spiro atoms. The van der Waals surface area contributed by atoms with E-state index in [2.05, 4.69) is 0 Å². The number of carbonyl (C=O) groups excluding carboxylic acids is 1. The van der Waals surface area contributed by atoms with E-state index in [-0.39, 0.29) is 5.97 Å². The van der Waals surface area contributed by atoms with Crippen molar-refractivity contribution in [3.63, 3.8) is 0 Å². The number of benzene rings is 1. The van der Waals surface area contributed by atoms with E-state index in [0.717, 1.165) is 5.56 Å². The third kappa shape index (κ3) is 4.06. The van der Waals surface area contributed by atoms with Gasteiger partial charge in [-0.3, -0.25) is 0 Å². The van der Waals surface area contributed by atoms with Crippen LogP contribution < -0.4 is 0 Å². The van der Waals surface area contributed by atoms with Gasteiger partial charge in [-0.15, -0.1) is 0 Å². The molecule has 1 saturated carbocycles. The molecule has 90 valence electrons. The van der Waals surface area contributed by atoms with E-state index in [1.165, 1.54) is 25.7 Å². The van der Waals surface area contributed by atoms with Crippen molar-refractivity contribution < 1.29 is 9.53 Å². The minimum Gasteiger partial charge on any atom is -0.458 e. The highest BCUT2D eigenvalue weighted by Gasteiger charge is 2.11. The molecule has 17 heavy (non-hydrogen) atoms. The van der Waals surface area contributed by atoms with Gasteiger partial charge in [-0.25, -0.2) is 4.79 Å². The summed E-state index contributed by atoms with van der Waals surface area (Å²) < 4.78 is 5.16. The van der Waals surface area contributed by atoms with E-state index in [1.807, 2.05) is 36.4 Å². The van der Waals surface area contributed by atoms with Crippen LogP contribution in [0.5, 0.6) is 0 Å². The predicted molar refractivity (Wildman–Crippen MR) is 67.3 cm³/mol. The first-order chi connectivity index (χ1) is 8.34. The maximum absolute atomic E-state index is 11.5. The summed E-state index contributed by atoms with van der Waals surface area (Å²) in [4.78, 5) is 11.5. The Morgan fingerprint density at radius 2 is 1.94 bits per heavy atom. The molecule has 0 N–H and O–H groups in total. The second-order valence-electron chi connectivity index (χ2n) is 4.50. The molecule has 1 aromatic rings. The van der Waals surface area contributed by atoms with Crippen LogP contribution in [-0.2, 0) is 16.1 Å². The minimum absolute atomic E-state index is 0.235. The summed E-state index contributed by atoms with van der Waals surface area (Å²) in [7, 11) is 0. The number of esters is 1. The second-order valence-corrected chi connectivity index (χ2v) is 4.50. The summed E-state index contributed by atoms with van der Waals surface area (Å²) in [6, 6.07) is 9.74. The van der Waals surface area contributed by atoms with Crippen LogP contribution in [0.4, 0.5) is 0 Å². The van der Waals surface area contributed by atoms with Gasteiger partial charge in [0.1, 0.15) is 6.61 Å². The summed E-state index contributed by atoms with van der Waals surface area (Å²) in [6.07, 6.45) is 8.58. The number of carbonyl (C=O) groups is 1. The van der Waals surface area contributed by atoms with Crippen molar-refractivity contribution in [2.75, 3.05) is 0 Å². The molecule has 2 heteroatoms. The average molecular weight is 230 g/mol. The Bertz CT molecular complexity index is 375. The monoisotopic (exact) mass is 230 g/mol. The first-order valence-electron chi connectivity index (χ1n) is 6.23. The van der Waals surface area contributed by atoms with Crippen molar-refractivity contribution >= 4 is 5.97 Å². The molecule has 0 aliphatic heterocycles. The Hall–Kier alpha value is -1.57. The number of rotatable bonds is 4. The molecule has 0 bridgehead atoms. The molecule has 0 radical (unpaired) electrons. The first kappa shape index (κ1) is 11.9. The van der Waals surface area contributed by atoms with E-state index in [4.69, 9.17) is 4.74 Å². The highest BCUT2D eigenvalue weighted by molar-refractivity contribution is 5.81. The lowest BCUT2D eigenvalue weighted by Crippen LogP contribution is -2.01. The lowest BCUT2D eigenvalue weighted by Gasteiger charge is -2.03. The molecule has 2 nitrogen and oxygen atoms in total. The molecule has 2 rings (SSSR count). The fourth-order valence-electron chi connectivity index (χ4n) is 2.14. The minimum atomic E-state index is -0.235. The SMILES string of the molecule is O=C(/C=C\C1CCCC1)OCc1ccccc1. The van der Waals surface area contributed by atoms with Gasteiger partial charge in [-0.2, -0.15) is 0 Å². The van der Waals surface area contributed by atoms with Crippen LogP contribution in [0.15, 0.2) is 42.5 Å². The fourth-order valence-corrected chi connectivity index (χ4v) is 2.14. The van der Waals surface area contributed by atoms with Crippen LogP contribution in [0.3, 0.4) is 0 Å². The zero-order valence-electron chi connectivity index (χ0n) is 9.97. The molecule has 0 atom stereocenters. The molecular formula is C15H18O2. The van der Waals surface area contributed by atoms with Gasteiger partial charge in [0, 0.05) is 6.08 Å². The molecule has 1 aromatic carbocycles. The Labute approximate surface area is 102 Å². The molecule has 1 aliphatic carbocycles. The summed E-state index contributed by atoms with van der Waals surface area (Å²) >= 11 is 0. The lowest BCUT2D eigenvalue weighted by atomic mass is 10.1. The van der Waals surface area contributed by atoms with Crippen molar-refractivity contribution in [3.05, 3.63) is 48.0 Å². The van der Waals surface area contributed by atoms with Crippen molar-refractivity contribution in [1.29, 1.82) is 0 Å². The van der Waals surface area contributed by atoms with Crippen molar-refractivity contribution in [3.8, 4) is 0 Å². The Morgan fingerprint density at radius 1 is 1.24 bits per heavy atom. The normalized spacial score (nSPS) is 16.5. The van der Waals surface area contributed by atoms with Gasteiger partial charge in [-0.1, -0.05) is 49.2 Å². The van der Waals surface area contributed by atoms with E-state index in [0.29, 0.717) is 12.5 Å². The summed E-state index contributed by atoms with van der Waals surface area (Å²) in [5, 5.41) is 0. The Balaban J connectivity index is 1.74. The van der Waals surface area contributed by atoms with Gasteiger partial charge >= 0.3 is 5.97 Å². The van der Waals surface area contributed by atoms with Gasteiger partial charge in [-0.05, 0) is 24.3 Å². The average Bonchev–Trinajstić information content (AvgIpc) is 2.88. The summed E-state index contributed by atoms with van der Waals surface area (Å²) in [6.45, 7) is 0.356. The van der Waals surface area contributed by atoms with Crippen molar-refractivity contribution in [2.45, 2.75) is 32.3 Å². The van der Waals surface area contributed by atoms with E-state index >= 15 is 0 Å². The van der Waals surface area contributed by atoms with E-state index in [1.54, 1.807) is 6.08 Å². The van der Waals surface area contributed by atoms with Crippen LogP contribution >= 0.6 is 0 Å². The van der Waals surface area contributed by atoms with Crippen LogP contribution in [0, 0.1) is 5.92 Å². The maximum Gasteiger partial charge on any atom is 0.330 e. The number of hydrogen-bond donors (Lipinski definition) is 0. The topological polar surface area (TPSA) is 26.3 Å². The van der Waals surface area contributed by atoms with Crippen LogP contribution in [-0.4, -0.2) is 5.97 Å². The van der Waals surface area contributed by atoms with Gasteiger partial charge < -0.3 is 4.74 Å². The van der Waals surface area contributed by atoms with Gasteiger partial charge in [0.2, 0.25) is 0 Å². The van der Waals surface area contributed by atoms with E-state index in [9.17, 15) is 4.79 Å². The molecule has 0 amide bonds. The zero-order chi connectivity index (χ0) is 11.9. The van der Waals surface area contributed by atoms with Gasteiger partial charge in [0.25, 0.3) is 0 Å². The number of hydrogen-bond acceptors (Lipinski definition) is 2. The van der Waals surface area contributed by atoms with Crippen molar-refractivity contribution in [2.24, 2.45) is 5.92 Å². The molecule has 0 unspecified atom stereocenters. The van der Waals surface area contributed by atoms with Crippen LogP contribution in [0.2, 0.25) is 0 Å². The number of ether oxygens (including phenoxy) is 1. The predicted octanol–water partition coefficient (Wildman–Crippen LogP) is 3.48. The molecule has 1 aliphatic rings. The molecule has 0 saturated heterocycles. The molecule has 1 fully saturated rings. The fraction of sp³-hybridized carbons (Fsp3) is 0.400. The largest absolute Gasteiger partial charge is 0.458 e. The Kier molecular flexibility index (Phi) is 4.37. The third-order valence-corrected chi connectivity index (χ3v) is 3.13. The third-order valence-electron chi connectivity index (χ3n) is 3.13. The lowest BCUT2D eigenvalue weighted by molar-refractivity contribution is -0.139. The molecule has 0 heterocycles. The molecular weight excluding hydrogens is 212 g/mol. The summed E-state index contributed by atoms with van der Waals surface area (Å²) in [5.74, 6) is 0.347. The zero-order valence-corrected chi connectivity index (χ0v) is 9.97. The van der Waals surface area contributed by atoms with E-state index < -0.39 is 0 Å². The van der Waals surface area contributed by atoms with Crippen molar-refractivity contribution in [1.82, 2.24) is 0 Å². The number of allylic oxidation sites excluding steroid dienone is 1. The highest BCUT2D eigenvalue weighted by atomic mass is 16.5. The van der Waals surface area contributed by atoms with Gasteiger partial charge in [0.05, 0.1) is 0 Å². The smallest absolute Gasteiger partial charge is 0.330 e. The van der Waals surface area contributed by atoms with Gasteiger partial charge in [0.15, 0.2) is 0 Å². The summed E-state index contributed by atoms with van der Waals surface area (Å²) in [5.41, 5.74) is 1.02. The quantitative estimate of drug-likeness (QED) is 0.584. The molecule has 0 aromatic heterocycles. The van der Waals surface area contributed by atoms with Crippen LogP contribution in [0.1, 0.15) is 31.2 Å². The Morgan fingerprint density at radius 3 is 2.65 bits per heavy atom. The highest BCUT2D eigenvalue weighted by Crippen LogP contribution is 2.25. The standard InChI is InChI=1S/C15H18O2/c16-15(11-10-13-6-4-5-7-13)17-12-14-8-2-1-3-9-14/h1-3,8-11,13H,4-7,12H2/b11-10-. The first-order valence-corrected chi connectivity index (χ1v) is 6.23. The second kappa shape index (κ2) is 6.24.